The van der Waals surface area contributed by atoms with E-state index in [0.717, 1.165) is 5.69 Å². The highest BCUT2D eigenvalue weighted by molar-refractivity contribution is 6.42. The SMILES string of the molecule is CCOC(=O)c1cn2c(nc1=O)N(c1ccc(Cl)c(Cl)c1)CC2. The summed E-state index contributed by atoms with van der Waals surface area (Å²) in [7, 11) is 0. The lowest BCUT2D eigenvalue weighted by Crippen LogP contribution is -2.24. The van der Waals surface area contributed by atoms with Crippen LogP contribution in [-0.2, 0) is 11.3 Å². The van der Waals surface area contributed by atoms with Gasteiger partial charge < -0.3 is 14.2 Å². The Morgan fingerprint density at radius 2 is 2.09 bits per heavy atom. The van der Waals surface area contributed by atoms with E-state index in [2.05, 4.69) is 4.98 Å². The Morgan fingerprint density at radius 1 is 1.30 bits per heavy atom. The molecule has 1 aromatic heterocycles. The van der Waals surface area contributed by atoms with Crippen molar-refractivity contribution in [1.82, 2.24) is 9.55 Å². The lowest BCUT2D eigenvalue weighted by atomic mass is 10.3. The summed E-state index contributed by atoms with van der Waals surface area (Å²) in [5.74, 6) is -0.199. The van der Waals surface area contributed by atoms with E-state index >= 15 is 0 Å². The average Bonchev–Trinajstić information content (AvgIpc) is 2.92. The first-order valence-corrected chi connectivity index (χ1v) is 7.78. The summed E-state index contributed by atoms with van der Waals surface area (Å²) >= 11 is 12.0. The summed E-state index contributed by atoms with van der Waals surface area (Å²) in [5.41, 5.74) is 0.106. The Balaban J connectivity index is 2.00. The number of hydrogen-bond donors (Lipinski definition) is 0. The van der Waals surface area contributed by atoms with Gasteiger partial charge in [0, 0.05) is 25.0 Å². The number of benzene rings is 1. The Kier molecular flexibility index (Phi) is 4.28. The van der Waals surface area contributed by atoms with E-state index in [-0.39, 0.29) is 12.2 Å². The van der Waals surface area contributed by atoms with Gasteiger partial charge >= 0.3 is 5.97 Å². The molecule has 6 nitrogen and oxygen atoms in total. The van der Waals surface area contributed by atoms with E-state index in [1.54, 1.807) is 29.7 Å². The van der Waals surface area contributed by atoms with Crippen molar-refractivity contribution in [1.29, 1.82) is 0 Å². The van der Waals surface area contributed by atoms with Crippen LogP contribution in [0.4, 0.5) is 11.6 Å². The first-order valence-electron chi connectivity index (χ1n) is 7.02. The summed E-state index contributed by atoms with van der Waals surface area (Å²) in [6.45, 7) is 3.09. The summed E-state index contributed by atoms with van der Waals surface area (Å²) in [5, 5.41) is 0.880. The molecule has 0 saturated heterocycles. The lowest BCUT2D eigenvalue weighted by molar-refractivity contribution is 0.0523. The number of carbonyl (C=O) groups is 1. The van der Waals surface area contributed by atoms with E-state index in [1.165, 1.54) is 6.20 Å². The summed E-state index contributed by atoms with van der Waals surface area (Å²) in [4.78, 5) is 29.7. The molecule has 0 unspecified atom stereocenters. The zero-order valence-electron chi connectivity index (χ0n) is 12.3. The van der Waals surface area contributed by atoms with Gasteiger partial charge in [-0.3, -0.25) is 4.79 Å². The van der Waals surface area contributed by atoms with Gasteiger partial charge in [-0.2, -0.15) is 4.98 Å². The van der Waals surface area contributed by atoms with Crippen LogP contribution >= 0.6 is 23.2 Å². The molecule has 120 valence electrons. The molecule has 0 aliphatic carbocycles. The topological polar surface area (TPSA) is 64.4 Å². The van der Waals surface area contributed by atoms with Gasteiger partial charge in [0.1, 0.15) is 5.56 Å². The molecule has 0 radical (unpaired) electrons. The van der Waals surface area contributed by atoms with E-state index in [1.807, 2.05) is 4.90 Å². The molecule has 0 fully saturated rings. The number of fused-ring (bicyclic) bond motifs is 1. The van der Waals surface area contributed by atoms with Crippen LogP contribution in [0.5, 0.6) is 0 Å². The Hall–Kier alpha value is -2.05. The number of nitrogens with zero attached hydrogens (tertiary/aromatic N) is 3. The van der Waals surface area contributed by atoms with Gasteiger partial charge in [-0.25, -0.2) is 4.79 Å². The summed E-state index contributed by atoms with van der Waals surface area (Å²) in [6.07, 6.45) is 1.49. The van der Waals surface area contributed by atoms with Crippen molar-refractivity contribution < 1.29 is 9.53 Å². The molecule has 0 N–H and O–H groups in total. The van der Waals surface area contributed by atoms with E-state index < -0.39 is 11.5 Å². The minimum Gasteiger partial charge on any atom is -0.462 e. The highest BCUT2D eigenvalue weighted by Gasteiger charge is 2.25. The van der Waals surface area contributed by atoms with Crippen LogP contribution in [0.1, 0.15) is 17.3 Å². The second-order valence-corrected chi connectivity index (χ2v) is 5.74. The molecule has 0 spiro atoms. The number of hydrogen-bond acceptors (Lipinski definition) is 5. The van der Waals surface area contributed by atoms with E-state index in [4.69, 9.17) is 27.9 Å². The normalized spacial score (nSPS) is 13.1. The van der Waals surface area contributed by atoms with Crippen LogP contribution in [0, 0.1) is 0 Å². The molecular formula is C15H13Cl2N3O3. The number of rotatable bonds is 3. The second kappa shape index (κ2) is 6.22. The van der Waals surface area contributed by atoms with Gasteiger partial charge in [0.2, 0.25) is 5.95 Å². The minimum absolute atomic E-state index is 0.0633. The summed E-state index contributed by atoms with van der Waals surface area (Å²) < 4.78 is 6.62. The Labute approximate surface area is 142 Å². The molecule has 3 rings (SSSR count). The van der Waals surface area contributed by atoms with Crippen molar-refractivity contribution in [3.8, 4) is 0 Å². The van der Waals surface area contributed by atoms with Crippen molar-refractivity contribution in [3.05, 3.63) is 50.4 Å². The lowest BCUT2D eigenvalue weighted by Gasteiger charge is -2.17. The average molecular weight is 354 g/mol. The van der Waals surface area contributed by atoms with Crippen molar-refractivity contribution in [2.24, 2.45) is 0 Å². The smallest absolute Gasteiger partial charge is 0.345 e. The van der Waals surface area contributed by atoms with E-state index in [0.29, 0.717) is 29.1 Å². The zero-order chi connectivity index (χ0) is 16.6. The van der Waals surface area contributed by atoms with Gasteiger partial charge in [0.15, 0.2) is 0 Å². The van der Waals surface area contributed by atoms with Crippen LogP contribution in [0.2, 0.25) is 10.0 Å². The fourth-order valence-electron chi connectivity index (χ4n) is 2.42. The maximum atomic E-state index is 12.1. The van der Waals surface area contributed by atoms with Crippen LogP contribution in [-0.4, -0.2) is 28.7 Å². The minimum atomic E-state index is -0.659. The van der Waals surface area contributed by atoms with E-state index in [9.17, 15) is 9.59 Å². The number of anilines is 2. The Morgan fingerprint density at radius 3 is 2.78 bits per heavy atom. The molecule has 1 aliphatic rings. The van der Waals surface area contributed by atoms with Gasteiger partial charge in [0.25, 0.3) is 5.56 Å². The maximum absolute atomic E-state index is 12.1. The van der Waals surface area contributed by atoms with Crippen molar-refractivity contribution in [2.75, 3.05) is 18.1 Å². The van der Waals surface area contributed by atoms with Gasteiger partial charge in [-0.05, 0) is 25.1 Å². The number of carbonyl (C=O) groups excluding carboxylic acids is 1. The number of ether oxygens (including phenoxy) is 1. The molecule has 0 bridgehead atoms. The molecule has 0 amide bonds. The largest absolute Gasteiger partial charge is 0.462 e. The molecular weight excluding hydrogens is 341 g/mol. The number of aromatic nitrogens is 2. The van der Waals surface area contributed by atoms with Crippen molar-refractivity contribution in [3.63, 3.8) is 0 Å². The van der Waals surface area contributed by atoms with Gasteiger partial charge in [0.05, 0.1) is 16.7 Å². The molecule has 1 aromatic carbocycles. The second-order valence-electron chi connectivity index (χ2n) is 4.92. The number of halogens is 2. The fraction of sp³-hybridized carbons (Fsp3) is 0.267. The monoisotopic (exact) mass is 353 g/mol. The zero-order valence-corrected chi connectivity index (χ0v) is 13.8. The highest BCUT2D eigenvalue weighted by atomic mass is 35.5. The fourth-order valence-corrected chi connectivity index (χ4v) is 2.71. The molecule has 2 aromatic rings. The molecule has 23 heavy (non-hydrogen) atoms. The molecule has 0 saturated carbocycles. The van der Waals surface area contributed by atoms with Crippen LogP contribution in [0.15, 0.2) is 29.2 Å². The number of esters is 1. The molecule has 8 heteroatoms. The Bertz CT molecular complexity index is 835. The van der Waals surface area contributed by atoms with Crippen molar-refractivity contribution >= 4 is 40.8 Å². The molecule has 1 aliphatic heterocycles. The highest BCUT2D eigenvalue weighted by Crippen LogP contribution is 2.32. The van der Waals surface area contributed by atoms with Crippen LogP contribution < -0.4 is 10.5 Å². The predicted octanol–water partition coefficient (Wildman–Crippen LogP) is 2.88. The third kappa shape index (κ3) is 2.92. The maximum Gasteiger partial charge on any atom is 0.345 e. The predicted molar refractivity (Wildman–Crippen MR) is 87.9 cm³/mol. The van der Waals surface area contributed by atoms with Crippen LogP contribution in [0.25, 0.3) is 0 Å². The first-order chi connectivity index (χ1) is 11.0. The molecule has 2 heterocycles. The molecule has 0 atom stereocenters. The van der Waals surface area contributed by atoms with Crippen molar-refractivity contribution in [2.45, 2.75) is 13.5 Å². The van der Waals surface area contributed by atoms with Crippen LogP contribution in [0.3, 0.4) is 0 Å². The van der Waals surface area contributed by atoms with Gasteiger partial charge in [-0.1, -0.05) is 23.2 Å². The summed E-state index contributed by atoms with van der Waals surface area (Å²) in [6, 6.07) is 5.20. The third-order valence-electron chi connectivity index (χ3n) is 3.49. The van der Waals surface area contributed by atoms with Gasteiger partial charge in [-0.15, -0.1) is 0 Å². The first kappa shape index (κ1) is 15.8. The third-order valence-corrected chi connectivity index (χ3v) is 4.23. The quantitative estimate of drug-likeness (QED) is 0.793. The standard InChI is InChI=1S/C15H13Cl2N3O3/c1-2-23-14(22)10-8-19-5-6-20(15(19)18-13(10)21)9-3-4-11(16)12(17)7-9/h3-4,7-8H,2,5-6H2,1H3.